The Labute approximate surface area is 106 Å². The van der Waals surface area contributed by atoms with Gasteiger partial charge in [-0.15, -0.1) is 0 Å². The van der Waals surface area contributed by atoms with Crippen molar-refractivity contribution in [2.75, 3.05) is 6.54 Å². The van der Waals surface area contributed by atoms with E-state index in [9.17, 15) is 0 Å². The summed E-state index contributed by atoms with van der Waals surface area (Å²) in [5.41, 5.74) is 1.21. The Balaban J connectivity index is 1.57. The van der Waals surface area contributed by atoms with Crippen LogP contribution in [-0.2, 0) is 0 Å². The summed E-state index contributed by atoms with van der Waals surface area (Å²) in [6.45, 7) is 3.15. The normalized spacial score (nSPS) is 25.5. The van der Waals surface area contributed by atoms with Crippen molar-refractivity contribution >= 4 is 16.9 Å². The second-order valence-electron chi connectivity index (χ2n) is 4.79. The molecule has 1 aliphatic heterocycles. The molecule has 2 aliphatic rings. The Morgan fingerprint density at radius 1 is 1.47 bits per heavy atom. The van der Waals surface area contributed by atoms with Gasteiger partial charge in [-0.2, -0.15) is 0 Å². The molecule has 0 amide bonds. The number of thioether (sulfide) groups is 1. The highest BCUT2D eigenvalue weighted by molar-refractivity contribution is 8.14. The van der Waals surface area contributed by atoms with Gasteiger partial charge in [0, 0.05) is 17.6 Å². The minimum Gasteiger partial charge on any atom is -0.358 e. The fraction of sp³-hybridized carbons (Fsp3) is 0.538. The molecule has 0 aromatic carbocycles. The van der Waals surface area contributed by atoms with Crippen molar-refractivity contribution in [3.05, 3.63) is 30.1 Å². The molecular formula is C13H17N3S. The van der Waals surface area contributed by atoms with E-state index in [-0.39, 0.29) is 6.04 Å². The van der Waals surface area contributed by atoms with Gasteiger partial charge in [0.15, 0.2) is 5.17 Å². The average Bonchev–Trinajstić information content (AvgIpc) is 3.12. The van der Waals surface area contributed by atoms with Gasteiger partial charge in [-0.05, 0) is 37.3 Å². The number of nitrogens with one attached hydrogen (secondary N) is 1. The van der Waals surface area contributed by atoms with Crippen LogP contribution in [0.3, 0.4) is 0 Å². The summed E-state index contributed by atoms with van der Waals surface area (Å²) in [6.07, 6.45) is 6.52. The minimum atomic E-state index is 0.285. The molecule has 1 aliphatic carbocycles. The zero-order valence-corrected chi connectivity index (χ0v) is 10.8. The summed E-state index contributed by atoms with van der Waals surface area (Å²) in [7, 11) is 0. The highest BCUT2D eigenvalue weighted by Crippen LogP contribution is 2.41. The molecule has 0 bridgehead atoms. The highest BCUT2D eigenvalue weighted by atomic mass is 32.2. The van der Waals surface area contributed by atoms with Crippen LogP contribution in [0.5, 0.6) is 0 Å². The van der Waals surface area contributed by atoms with Crippen LogP contribution in [0.25, 0.3) is 0 Å². The Morgan fingerprint density at radius 3 is 3.06 bits per heavy atom. The topological polar surface area (TPSA) is 37.3 Å². The van der Waals surface area contributed by atoms with E-state index in [1.165, 1.54) is 18.4 Å². The van der Waals surface area contributed by atoms with E-state index in [1.807, 2.05) is 24.0 Å². The van der Waals surface area contributed by atoms with Gasteiger partial charge >= 0.3 is 0 Å². The van der Waals surface area contributed by atoms with Gasteiger partial charge in [-0.1, -0.05) is 17.8 Å². The van der Waals surface area contributed by atoms with Gasteiger partial charge in [0.05, 0.1) is 12.6 Å². The smallest absolute Gasteiger partial charge is 0.157 e. The third-order valence-corrected chi connectivity index (χ3v) is 4.66. The predicted molar refractivity (Wildman–Crippen MR) is 72.2 cm³/mol. The van der Waals surface area contributed by atoms with Crippen LogP contribution < -0.4 is 5.32 Å². The van der Waals surface area contributed by atoms with Crippen molar-refractivity contribution in [1.29, 1.82) is 0 Å². The average molecular weight is 247 g/mol. The number of hydrogen-bond donors (Lipinski definition) is 1. The van der Waals surface area contributed by atoms with Crippen molar-refractivity contribution in [1.82, 2.24) is 10.3 Å². The molecule has 4 heteroatoms. The first-order valence-corrected chi connectivity index (χ1v) is 7.08. The lowest BCUT2D eigenvalue weighted by atomic mass is 10.1. The molecule has 1 N–H and O–H groups in total. The van der Waals surface area contributed by atoms with Crippen molar-refractivity contribution in [2.45, 2.75) is 31.1 Å². The molecule has 1 aromatic heterocycles. The molecule has 1 saturated carbocycles. The molecule has 2 heterocycles. The summed E-state index contributed by atoms with van der Waals surface area (Å²) >= 11 is 1.92. The third kappa shape index (κ3) is 2.63. The van der Waals surface area contributed by atoms with E-state index >= 15 is 0 Å². The fourth-order valence-electron chi connectivity index (χ4n) is 2.08. The molecule has 3 rings (SSSR count). The molecular weight excluding hydrogens is 230 g/mol. The maximum atomic E-state index is 4.59. The number of aromatic nitrogens is 1. The highest BCUT2D eigenvalue weighted by Gasteiger charge is 2.35. The van der Waals surface area contributed by atoms with Crippen molar-refractivity contribution in [2.24, 2.45) is 10.9 Å². The number of hydrogen-bond acceptors (Lipinski definition) is 4. The molecule has 1 fully saturated rings. The predicted octanol–water partition coefficient (Wildman–Crippen LogP) is 2.61. The van der Waals surface area contributed by atoms with Gasteiger partial charge in [0.1, 0.15) is 0 Å². The van der Waals surface area contributed by atoms with E-state index in [2.05, 4.69) is 28.3 Å². The number of pyridine rings is 1. The Kier molecular flexibility index (Phi) is 3.05. The molecule has 0 radical (unpaired) electrons. The van der Waals surface area contributed by atoms with E-state index in [4.69, 9.17) is 0 Å². The first-order valence-electron chi connectivity index (χ1n) is 6.20. The standard InChI is InChI=1S/C13H17N3S/c1-9(11-3-2-6-14-7-11)16-13-15-8-12(17-13)10-4-5-10/h2-3,6-7,9-10,12H,4-5,8H2,1H3,(H,15,16). The summed E-state index contributed by atoms with van der Waals surface area (Å²) in [5.74, 6) is 0.928. The molecule has 1 aromatic rings. The van der Waals surface area contributed by atoms with Gasteiger partial charge in [-0.25, -0.2) is 0 Å². The Morgan fingerprint density at radius 2 is 2.35 bits per heavy atom. The maximum Gasteiger partial charge on any atom is 0.157 e. The summed E-state index contributed by atoms with van der Waals surface area (Å²) in [5, 5.41) is 5.33. The molecule has 3 nitrogen and oxygen atoms in total. The summed E-state index contributed by atoms with van der Waals surface area (Å²) < 4.78 is 0. The SMILES string of the molecule is CC(NC1=NCC(C2CC2)S1)c1cccnc1. The van der Waals surface area contributed by atoms with E-state index in [0.717, 1.165) is 22.9 Å². The van der Waals surface area contributed by atoms with Crippen molar-refractivity contribution in [3.63, 3.8) is 0 Å². The van der Waals surface area contributed by atoms with Crippen LogP contribution in [0.1, 0.15) is 31.4 Å². The summed E-state index contributed by atoms with van der Waals surface area (Å²) in [4.78, 5) is 8.74. The largest absolute Gasteiger partial charge is 0.358 e. The van der Waals surface area contributed by atoms with Crippen LogP contribution in [-0.4, -0.2) is 21.9 Å². The van der Waals surface area contributed by atoms with Crippen molar-refractivity contribution < 1.29 is 0 Å². The lowest BCUT2D eigenvalue weighted by Crippen LogP contribution is -2.23. The van der Waals surface area contributed by atoms with Crippen LogP contribution in [0, 0.1) is 5.92 Å². The maximum absolute atomic E-state index is 4.59. The molecule has 0 saturated heterocycles. The van der Waals surface area contributed by atoms with Gasteiger partial charge < -0.3 is 5.32 Å². The Bertz CT molecular complexity index is 414. The van der Waals surface area contributed by atoms with E-state index < -0.39 is 0 Å². The zero-order chi connectivity index (χ0) is 11.7. The van der Waals surface area contributed by atoms with E-state index in [1.54, 1.807) is 6.20 Å². The molecule has 0 spiro atoms. The molecule has 2 unspecified atom stereocenters. The van der Waals surface area contributed by atoms with Crippen molar-refractivity contribution in [3.8, 4) is 0 Å². The number of amidine groups is 1. The molecule has 2 atom stereocenters. The minimum absolute atomic E-state index is 0.285. The number of rotatable bonds is 3. The number of nitrogens with zero attached hydrogens (tertiary/aromatic N) is 2. The fourth-order valence-corrected chi connectivity index (χ4v) is 3.38. The zero-order valence-electron chi connectivity index (χ0n) is 9.97. The second kappa shape index (κ2) is 4.69. The lowest BCUT2D eigenvalue weighted by Gasteiger charge is -2.15. The van der Waals surface area contributed by atoms with Gasteiger partial charge in [-0.3, -0.25) is 9.98 Å². The van der Waals surface area contributed by atoms with E-state index in [0.29, 0.717) is 0 Å². The Hall–Kier alpha value is -1.03. The van der Waals surface area contributed by atoms with Crippen LogP contribution in [0.4, 0.5) is 0 Å². The third-order valence-electron chi connectivity index (χ3n) is 3.35. The lowest BCUT2D eigenvalue weighted by molar-refractivity contribution is 0.717. The van der Waals surface area contributed by atoms with Gasteiger partial charge in [0.25, 0.3) is 0 Å². The van der Waals surface area contributed by atoms with Crippen LogP contribution in [0.15, 0.2) is 29.5 Å². The second-order valence-corrected chi connectivity index (χ2v) is 6.02. The first-order chi connectivity index (χ1) is 8.33. The quantitative estimate of drug-likeness (QED) is 0.892. The van der Waals surface area contributed by atoms with Crippen LogP contribution in [0.2, 0.25) is 0 Å². The van der Waals surface area contributed by atoms with Gasteiger partial charge in [0.2, 0.25) is 0 Å². The monoisotopic (exact) mass is 247 g/mol. The molecule has 17 heavy (non-hydrogen) atoms. The first kappa shape index (κ1) is 11.1. The summed E-state index contributed by atoms with van der Waals surface area (Å²) in [6, 6.07) is 4.36. The van der Waals surface area contributed by atoms with Crippen LogP contribution >= 0.6 is 11.8 Å². The number of aliphatic imine (C=N–C) groups is 1. The molecule has 90 valence electrons.